The first-order valence-electron chi connectivity index (χ1n) is 7.64. The summed E-state index contributed by atoms with van der Waals surface area (Å²) in [4.78, 5) is 26.2. The molecule has 0 bridgehead atoms. The molecule has 0 spiro atoms. The van der Waals surface area contributed by atoms with E-state index in [9.17, 15) is 79.8 Å². The third kappa shape index (κ3) is 5.42. The predicted molar refractivity (Wildman–Crippen MR) is 92.3 cm³/mol. The molecule has 0 rings (SSSR count). The lowest BCUT2D eigenvalue weighted by Gasteiger charge is -2.38. The Labute approximate surface area is 226 Å². The molecule has 0 atom stereocenters. The largest absolute Gasteiger partial charge is 0.431 e. The van der Waals surface area contributed by atoms with Gasteiger partial charge in [0.25, 0.3) is 7.59 Å². The van der Waals surface area contributed by atoms with Gasteiger partial charge in [-0.3, -0.25) is 0 Å². The van der Waals surface area contributed by atoms with Crippen LogP contribution >= 0.6 is 69.6 Å². The van der Waals surface area contributed by atoms with E-state index in [0.717, 1.165) is 0 Å². The Morgan fingerprint density at radius 3 is 0.711 bits per heavy atom. The Morgan fingerprint density at radius 1 is 0.368 bits per heavy atom. The molecule has 0 aromatic carbocycles. The molecule has 0 fully saturated rings. The topological polar surface area (TPSA) is 52.6 Å². The summed E-state index contributed by atoms with van der Waals surface area (Å²) >= 11 is 25.7. The van der Waals surface area contributed by atoms with E-state index in [-0.39, 0.29) is 0 Å². The lowest BCUT2D eigenvalue weighted by atomic mass is 9.99. The van der Waals surface area contributed by atoms with Crippen molar-refractivity contribution in [1.82, 2.24) is 0 Å². The van der Waals surface area contributed by atoms with Gasteiger partial charge in [-0.2, -0.15) is 70.2 Å². The number of alkyl halides is 22. The number of carbonyl (C=O) groups is 2. The van der Waals surface area contributed by atoms with Crippen molar-refractivity contribution in [3.05, 3.63) is 0 Å². The molecule has 0 aromatic heterocycles. The van der Waals surface area contributed by atoms with Crippen molar-refractivity contribution < 1.29 is 89.6 Å². The monoisotopic (exact) mass is 722 g/mol. The minimum absolute atomic E-state index is 2.18. The summed E-state index contributed by atoms with van der Waals surface area (Å²) < 4.78 is 206. The van der Waals surface area contributed by atoms with Crippen LogP contribution in [0.4, 0.5) is 70.2 Å². The summed E-state index contributed by atoms with van der Waals surface area (Å²) in [5, 5.41) is 0. The van der Waals surface area contributed by atoms with E-state index in [4.69, 9.17) is 0 Å². The second-order valence-electron chi connectivity index (χ2n) is 6.33. The number of hydrogen-bond acceptors (Lipinski definition) is 4. The van der Waals surface area contributed by atoms with E-state index >= 15 is 0 Å². The van der Waals surface area contributed by atoms with E-state index in [1.54, 1.807) is 0 Å². The van der Waals surface area contributed by atoms with E-state index < -0.39 is 66.9 Å². The van der Waals surface area contributed by atoms with Gasteiger partial charge in [0.15, 0.2) is 0 Å². The third-order valence-corrected chi connectivity index (χ3v) is 5.21. The van der Waals surface area contributed by atoms with Gasteiger partial charge in [-0.1, -0.05) is 69.6 Å². The van der Waals surface area contributed by atoms with E-state index in [1.807, 2.05) is 0 Å². The van der Waals surface area contributed by atoms with Crippen LogP contribution in [-0.4, -0.2) is 66.9 Å². The van der Waals surface area contributed by atoms with Gasteiger partial charge in [0, 0.05) is 0 Å². The van der Waals surface area contributed by atoms with Crippen molar-refractivity contribution >= 4 is 81.5 Å². The molecular weight excluding hydrogens is 725 g/mol. The fourth-order valence-electron chi connectivity index (χ4n) is 1.58. The van der Waals surface area contributed by atoms with Crippen molar-refractivity contribution in [2.45, 2.75) is 55.0 Å². The van der Waals surface area contributed by atoms with Gasteiger partial charge in [0.2, 0.25) is 0 Å². The maximum Gasteiger partial charge on any atom is 0.431 e. The third-order valence-electron chi connectivity index (χ3n) is 3.78. The highest BCUT2D eigenvalue weighted by Gasteiger charge is 2.88. The molecule has 226 valence electrons. The Kier molecular flexibility index (Phi) is 10.0. The zero-order valence-electron chi connectivity index (χ0n) is 15.9. The minimum atomic E-state index is -7.76. The molecule has 4 nitrogen and oxygen atoms in total. The molecule has 0 aliphatic carbocycles. The molecule has 0 aliphatic rings. The molecule has 0 saturated carbocycles. The molecule has 0 saturated heterocycles. The number of rotatable bonds is 8. The van der Waals surface area contributed by atoms with Crippen LogP contribution in [0.15, 0.2) is 0 Å². The smallest absolute Gasteiger partial charge is 0.240 e. The molecule has 0 aromatic rings. The summed E-state index contributed by atoms with van der Waals surface area (Å²) in [5.74, 6) is -68.1. The number of halogens is 22. The van der Waals surface area contributed by atoms with Crippen LogP contribution in [0.1, 0.15) is 0 Å². The van der Waals surface area contributed by atoms with Crippen LogP contribution in [0.3, 0.4) is 0 Å². The minimum Gasteiger partial charge on any atom is -0.240 e. The standard InChI is InChI=1S/C12Cl6F16O4/c13-11(14,15)9(31,32)7(27,28)5(23,24)3(19,20)1(35)37-38-2(36)4(21,22)6(25,26)8(29,30)10(33,34)12(16,17)18. The van der Waals surface area contributed by atoms with Crippen molar-refractivity contribution in [2.24, 2.45) is 0 Å². The highest BCUT2D eigenvalue weighted by Crippen LogP contribution is 2.61. The van der Waals surface area contributed by atoms with Gasteiger partial charge in [-0.15, -0.1) is 0 Å². The zero-order valence-corrected chi connectivity index (χ0v) is 20.5. The Morgan fingerprint density at radius 2 is 0.553 bits per heavy atom. The van der Waals surface area contributed by atoms with Crippen LogP contribution in [0.2, 0.25) is 0 Å². The number of carbonyl (C=O) groups excluding carboxylic acids is 2. The van der Waals surface area contributed by atoms with Crippen LogP contribution in [0.5, 0.6) is 0 Å². The van der Waals surface area contributed by atoms with Gasteiger partial charge in [-0.25, -0.2) is 19.4 Å². The Balaban J connectivity index is 6.17. The van der Waals surface area contributed by atoms with E-state index in [1.165, 1.54) is 0 Å². The second-order valence-corrected chi connectivity index (χ2v) is 10.9. The molecule has 0 unspecified atom stereocenters. The average Bonchev–Trinajstić information content (AvgIpc) is 2.68. The molecule has 26 heteroatoms. The van der Waals surface area contributed by atoms with Crippen LogP contribution < -0.4 is 0 Å². The first-order valence-corrected chi connectivity index (χ1v) is 9.91. The zero-order chi connectivity index (χ0) is 31.6. The Hall–Kier alpha value is -0.440. The fraction of sp³-hybridized carbons (Fsp3) is 0.833. The van der Waals surface area contributed by atoms with Crippen molar-refractivity contribution in [3.63, 3.8) is 0 Å². The SMILES string of the molecule is O=C(OOC(=O)C(F)(F)C(F)(F)C(F)(F)C(F)(F)C(Cl)(Cl)Cl)C(F)(F)C(F)(F)C(F)(F)C(F)(F)C(Cl)(Cl)Cl. The highest BCUT2D eigenvalue weighted by molar-refractivity contribution is 6.68. The highest BCUT2D eigenvalue weighted by atomic mass is 35.6. The van der Waals surface area contributed by atoms with Crippen LogP contribution in [0.25, 0.3) is 0 Å². The quantitative estimate of drug-likeness (QED) is 0.111. The molecule has 0 N–H and O–H groups in total. The fourth-order valence-corrected chi connectivity index (χ4v) is 2.29. The predicted octanol–water partition coefficient (Wildman–Crippen LogP) is 7.81. The van der Waals surface area contributed by atoms with Crippen LogP contribution in [-0.2, 0) is 19.4 Å². The molecule has 0 aliphatic heterocycles. The second kappa shape index (κ2) is 10.1. The van der Waals surface area contributed by atoms with Crippen molar-refractivity contribution in [1.29, 1.82) is 0 Å². The van der Waals surface area contributed by atoms with E-state index in [2.05, 4.69) is 79.4 Å². The molecular formula is C12Cl6F16O4. The van der Waals surface area contributed by atoms with Crippen molar-refractivity contribution in [3.8, 4) is 0 Å². The molecule has 38 heavy (non-hydrogen) atoms. The summed E-state index contributed by atoms with van der Waals surface area (Å²) in [6.07, 6.45) is 0. The first kappa shape index (κ1) is 37.6. The summed E-state index contributed by atoms with van der Waals surface area (Å²) in [5.41, 5.74) is 0. The molecule has 0 heterocycles. The normalized spacial score (nSPS) is 15.8. The summed E-state index contributed by atoms with van der Waals surface area (Å²) in [6.45, 7) is 0. The Bertz CT molecular complexity index is 855. The maximum atomic E-state index is 13.5. The van der Waals surface area contributed by atoms with Crippen molar-refractivity contribution in [2.75, 3.05) is 0 Å². The summed E-state index contributed by atoms with van der Waals surface area (Å²) in [7, 11) is 0. The van der Waals surface area contributed by atoms with Gasteiger partial charge in [-0.05, 0) is 0 Å². The van der Waals surface area contributed by atoms with Gasteiger partial charge in [0.05, 0.1) is 0 Å². The van der Waals surface area contributed by atoms with Gasteiger partial charge in [0.1, 0.15) is 0 Å². The average molecular weight is 725 g/mol. The number of hydrogen-bond donors (Lipinski definition) is 0. The lowest BCUT2D eigenvalue weighted by molar-refractivity contribution is -0.378. The lowest BCUT2D eigenvalue weighted by Crippen LogP contribution is -2.68. The van der Waals surface area contributed by atoms with Gasteiger partial charge >= 0.3 is 59.3 Å². The molecule has 0 radical (unpaired) electrons. The van der Waals surface area contributed by atoms with Gasteiger partial charge < -0.3 is 0 Å². The van der Waals surface area contributed by atoms with Crippen LogP contribution in [0, 0.1) is 0 Å². The van der Waals surface area contributed by atoms with E-state index in [0.29, 0.717) is 0 Å². The maximum absolute atomic E-state index is 13.5. The summed E-state index contributed by atoms with van der Waals surface area (Å²) in [6, 6.07) is 0. The first-order chi connectivity index (χ1) is 16.0. The molecule has 0 amide bonds.